The summed E-state index contributed by atoms with van der Waals surface area (Å²) in [7, 11) is 0. The van der Waals surface area contributed by atoms with Gasteiger partial charge in [-0.3, -0.25) is 14.4 Å². The summed E-state index contributed by atoms with van der Waals surface area (Å²) in [5.74, 6) is -1.23. The maximum atomic E-state index is 12.3. The Kier molecular flexibility index (Phi) is 6.51. The zero-order chi connectivity index (χ0) is 21.0. The number of aryl methyl sites for hydroxylation is 2. The lowest BCUT2D eigenvalue weighted by molar-refractivity contribution is -0.123. The van der Waals surface area contributed by atoms with Crippen molar-refractivity contribution >= 4 is 56.4 Å². The Hall–Kier alpha value is -2.90. The number of carbonyl (C=O) groups is 3. The number of benzene rings is 2. The van der Waals surface area contributed by atoms with Gasteiger partial charge in [0, 0.05) is 15.8 Å². The van der Waals surface area contributed by atoms with Crippen LogP contribution >= 0.6 is 22.9 Å². The molecule has 3 rings (SSSR count). The summed E-state index contributed by atoms with van der Waals surface area (Å²) >= 11 is 7.53. The van der Waals surface area contributed by atoms with E-state index in [1.54, 1.807) is 0 Å². The molecule has 0 radical (unpaired) electrons. The van der Waals surface area contributed by atoms with Crippen molar-refractivity contribution in [3.8, 4) is 0 Å². The third kappa shape index (κ3) is 4.93. The van der Waals surface area contributed by atoms with Crippen LogP contribution in [0.4, 0.5) is 5.69 Å². The highest BCUT2D eigenvalue weighted by molar-refractivity contribution is 7.21. The fourth-order valence-electron chi connectivity index (χ4n) is 2.84. The van der Waals surface area contributed by atoms with Gasteiger partial charge in [0.2, 0.25) is 11.8 Å². The van der Waals surface area contributed by atoms with E-state index in [1.807, 2.05) is 56.3 Å². The Balaban J connectivity index is 1.50. The summed E-state index contributed by atoms with van der Waals surface area (Å²) in [4.78, 5) is 36.8. The summed E-state index contributed by atoms with van der Waals surface area (Å²) in [5, 5.41) is 8.99. The molecule has 0 saturated carbocycles. The highest BCUT2D eigenvalue weighted by Gasteiger charge is 2.17. The third-order valence-corrected chi connectivity index (χ3v) is 6.02. The van der Waals surface area contributed by atoms with E-state index in [0.29, 0.717) is 9.90 Å². The molecule has 150 valence electrons. The molecule has 0 atom stereocenters. The molecule has 0 fully saturated rings. The van der Waals surface area contributed by atoms with Crippen LogP contribution in [0.5, 0.6) is 0 Å². The van der Waals surface area contributed by atoms with E-state index in [0.717, 1.165) is 26.9 Å². The predicted octanol–water partition coefficient (Wildman–Crippen LogP) is 3.66. The van der Waals surface area contributed by atoms with Gasteiger partial charge in [-0.05, 0) is 31.0 Å². The van der Waals surface area contributed by atoms with E-state index in [-0.39, 0.29) is 19.0 Å². The molecule has 3 N–H and O–H groups in total. The maximum Gasteiger partial charge on any atom is 0.263 e. The molecule has 0 aliphatic rings. The van der Waals surface area contributed by atoms with Gasteiger partial charge in [0.15, 0.2) is 0 Å². The second-order valence-electron chi connectivity index (χ2n) is 6.52. The molecule has 0 unspecified atom stereocenters. The van der Waals surface area contributed by atoms with Crippen molar-refractivity contribution in [3.05, 3.63) is 63.5 Å². The first-order valence-electron chi connectivity index (χ1n) is 8.95. The van der Waals surface area contributed by atoms with Crippen LogP contribution in [0.3, 0.4) is 0 Å². The second-order valence-corrected chi connectivity index (χ2v) is 7.95. The summed E-state index contributed by atoms with van der Waals surface area (Å²) in [6, 6.07) is 13.1. The molecule has 0 bridgehead atoms. The predicted molar refractivity (Wildman–Crippen MR) is 117 cm³/mol. The fourth-order valence-corrected chi connectivity index (χ4v) is 4.27. The molecule has 0 aliphatic carbocycles. The van der Waals surface area contributed by atoms with Gasteiger partial charge in [-0.2, -0.15) is 0 Å². The van der Waals surface area contributed by atoms with Gasteiger partial charge in [0.1, 0.15) is 4.88 Å². The fraction of sp³-hybridized carbons (Fsp3) is 0.190. The van der Waals surface area contributed by atoms with Gasteiger partial charge < -0.3 is 16.0 Å². The Morgan fingerprint density at radius 1 is 0.897 bits per heavy atom. The number of halogens is 1. The van der Waals surface area contributed by atoms with E-state index >= 15 is 0 Å². The van der Waals surface area contributed by atoms with Gasteiger partial charge in [-0.1, -0.05) is 48.0 Å². The normalized spacial score (nSPS) is 10.6. The van der Waals surface area contributed by atoms with Gasteiger partial charge >= 0.3 is 0 Å². The van der Waals surface area contributed by atoms with Crippen LogP contribution in [0, 0.1) is 13.8 Å². The molecule has 29 heavy (non-hydrogen) atoms. The van der Waals surface area contributed by atoms with Crippen LogP contribution in [-0.4, -0.2) is 30.8 Å². The Morgan fingerprint density at radius 3 is 2.24 bits per heavy atom. The van der Waals surface area contributed by atoms with Crippen LogP contribution in [-0.2, 0) is 9.59 Å². The molecule has 0 saturated heterocycles. The molecule has 1 aromatic heterocycles. The van der Waals surface area contributed by atoms with E-state index < -0.39 is 11.8 Å². The molecule has 2 aromatic carbocycles. The molecular formula is C21H20ClN3O3S. The molecule has 0 spiro atoms. The molecule has 3 amide bonds. The quantitative estimate of drug-likeness (QED) is 0.558. The van der Waals surface area contributed by atoms with E-state index in [2.05, 4.69) is 16.0 Å². The first-order chi connectivity index (χ1) is 13.9. The number of nitrogens with one attached hydrogen (secondary N) is 3. The average Bonchev–Trinajstić information content (AvgIpc) is 3.04. The Bertz CT molecular complexity index is 1070. The van der Waals surface area contributed by atoms with Gasteiger partial charge in [-0.15, -0.1) is 11.3 Å². The number of para-hydroxylation sites is 1. The van der Waals surface area contributed by atoms with Crippen molar-refractivity contribution in [3.63, 3.8) is 0 Å². The number of amides is 3. The third-order valence-electron chi connectivity index (χ3n) is 4.34. The van der Waals surface area contributed by atoms with E-state index in [4.69, 9.17) is 11.6 Å². The van der Waals surface area contributed by atoms with Crippen molar-refractivity contribution in [2.75, 3.05) is 18.4 Å². The number of hydrogen-bond donors (Lipinski definition) is 3. The lowest BCUT2D eigenvalue weighted by Crippen LogP contribution is -2.40. The lowest BCUT2D eigenvalue weighted by Gasteiger charge is -2.12. The smallest absolute Gasteiger partial charge is 0.263 e. The molecule has 8 heteroatoms. The molecule has 1 heterocycles. The molecule has 3 aromatic rings. The maximum absolute atomic E-state index is 12.3. The van der Waals surface area contributed by atoms with Crippen LogP contribution in [0.2, 0.25) is 5.02 Å². The zero-order valence-electron chi connectivity index (χ0n) is 16.0. The topological polar surface area (TPSA) is 87.3 Å². The SMILES string of the molecule is Cc1cccc(C)c1NC(=O)CNC(=O)CNC(=O)c1sc2ccccc2c1Cl. The number of thiophene rings is 1. The van der Waals surface area contributed by atoms with E-state index in [9.17, 15) is 14.4 Å². The summed E-state index contributed by atoms with van der Waals surface area (Å²) in [5.41, 5.74) is 2.62. The minimum absolute atomic E-state index is 0.188. The van der Waals surface area contributed by atoms with Crippen LogP contribution < -0.4 is 16.0 Å². The zero-order valence-corrected chi connectivity index (χ0v) is 17.5. The summed E-state index contributed by atoms with van der Waals surface area (Å²) in [6.07, 6.45) is 0. The first kappa shape index (κ1) is 20.8. The minimum atomic E-state index is -0.466. The highest BCUT2D eigenvalue weighted by Crippen LogP contribution is 2.34. The van der Waals surface area contributed by atoms with Crippen LogP contribution in [0.1, 0.15) is 20.8 Å². The van der Waals surface area contributed by atoms with Crippen molar-refractivity contribution in [1.82, 2.24) is 10.6 Å². The van der Waals surface area contributed by atoms with Gasteiger partial charge in [0.05, 0.1) is 18.1 Å². The summed E-state index contributed by atoms with van der Waals surface area (Å²) in [6.45, 7) is 3.36. The number of rotatable bonds is 6. The molecule has 6 nitrogen and oxygen atoms in total. The van der Waals surface area contributed by atoms with Gasteiger partial charge in [-0.25, -0.2) is 0 Å². The van der Waals surface area contributed by atoms with Crippen molar-refractivity contribution < 1.29 is 14.4 Å². The number of anilines is 1. The molecule has 0 aliphatic heterocycles. The number of fused-ring (bicyclic) bond motifs is 1. The largest absolute Gasteiger partial charge is 0.345 e. The minimum Gasteiger partial charge on any atom is -0.345 e. The number of hydrogen-bond acceptors (Lipinski definition) is 4. The van der Waals surface area contributed by atoms with Crippen LogP contribution in [0.25, 0.3) is 10.1 Å². The lowest BCUT2D eigenvalue weighted by atomic mass is 10.1. The average molecular weight is 430 g/mol. The highest BCUT2D eigenvalue weighted by atomic mass is 35.5. The van der Waals surface area contributed by atoms with Gasteiger partial charge in [0.25, 0.3) is 5.91 Å². The second kappa shape index (κ2) is 9.07. The van der Waals surface area contributed by atoms with E-state index in [1.165, 1.54) is 11.3 Å². The van der Waals surface area contributed by atoms with Crippen molar-refractivity contribution in [2.45, 2.75) is 13.8 Å². The first-order valence-corrected chi connectivity index (χ1v) is 10.1. The Morgan fingerprint density at radius 2 is 1.55 bits per heavy atom. The van der Waals surface area contributed by atoms with Crippen LogP contribution in [0.15, 0.2) is 42.5 Å². The molecular weight excluding hydrogens is 410 g/mol. The summed E-state index contributed by atoms with van der Waals surface area (Å²) < 4.78 is 0.898. The number of carbonyl (C=O) groups excluding carboxylic acids is 3. The standard InChI is InChI=1S/C21H20ClN3O3S/c1-12-6-5-7-13(2)19(12)25-17(27)11-23-16(26)10-24-21(28)20-18(22)14-8-3-4-9-15(14)29-20/h3-9H,10-11H2,1-2H3,(H,23,26)(H,24,28)(H,25,27). The monoisotopic (exact) mass is 429 g/mol. The van der Waals surface area contributed by atoms with Crippen molar-refractivity contribution in [1.29, 1.82) is 0 Å². The van der Waals surface area contributed by atoms with Crippen molar-refractivity contribution in [2.24, 2.45) is 0 Å². The Labute approximate surface area is 177 Å².